The molecule has 2 saturated heterocycles. The first kappa shape index (κ1) is 21.1. The molecule has 7 nitrogen and oxygen atoms in total. The Kier molecular flexibility index (Phi) is 4.65. The van der Waals surface area contributed by atoms with Crippen molar-refractivity contribution in [1.82, 2.24) is 4.90 Å². The van der Waals surface area contributed by atoms with Crippen LogP contribution < -0.4 is 0 Å². The molecule has 2 aliphatic heterocycles. The van der Waals surface area contributed by atoms with Gasteiger partial charge in [-0.1, -0.05) is 42.5 Å². The topological polar surface area (TPSA) is 97.6 Å². The fourth-order valence-electron chi connectivity index (χ4n) is 6.36. The quantitative estimate of drug-likeness (QED) is 0.239. The smallest absolute Gasteiger partial charge is 0.269 e. The monoisotopic (exact) mass is 472 g/mol. The summed E-state index contributed by atoms with van der Waals surface area (Å²) in [5, 5.41) is 13.0. The molecule has 1 unspecified atom stereocenters. The minimum Gasteiger partial charge on any atom is -0.293 e. The van der Waals surface area contributed by atoms with Crippen LogP contribution in [0.2, 0.25) is 0 Å². The number of hydrogen-bond acceptors (Lipinski definition) is 7. The maximum Gasteiger partial charge on any atom is 0.269 e. The van der Waals surface area contributed by atoms with Gasteiger partial charge >= 0.3 is 0 Å². The molecule has 3 aliphatic rings. The van der Waals surface area contributed by atoms with E-state index in [0.717, 1.165) is 18.4 Å². The van der Waals surface area contributed by atoms with Crippen molar-refractivity contribution in [3.63, 3.8) is 0 Å². The number of nitro groups is 1. The molecule has 0 radical (unpaired) electrons. The molecule has 6 rings (SSSR count). The van der Waals surface area contributed by atoms with Gasteiger partial charge in [-0.05, 0) is 36.4 Å². The van der Waals surface area contributed by atoms with Crippen molar-refractivity contribution in [3.8, 4) is 0 Å². The van der Waals surface area contributed by atoms with Gasteiger partial charge in [0, 0.05) is 35.2 Å². The first-order valence-electron chi connectivity index (χ1n) is 11.2. The number of Topliss-reactive ketones (excluding diaryl/α,β-unsaturated/α-hetero) is 3. The number of ketones is 3. The molecule has 1 aliphatic carbocycles. The van der Waals surface area contributed by atoms with Crippen LogP contribution in [-0.2, 0) is 0 Å². The van der Waals surface area contributed by atoms with Gasteiger partial charge in [0.25, 0.3) is 5.69 Å². The average molecular weight is 473 g/mol. The minimum absolute atomic E-state index is 0.0405. The number of carbonyl (C=O) groups excluding carboxylic acids is 3. The number of hydrogen-bond donors (Lipinski definition) is 0. The zero-order valence-corrected chi connectivity index (χ0v) is 18.9. The molecule has 0 amide bonds. The molecule has 0 N–H and O–H groups in total. The van der Waals surface area contributed by atoms with Crippen molar-refractivity contribution < 1.29 is 19.3 Å². The molecule has 2 fully saturated rings. The van der Waals surface area contributed by atoms with Gasteiger partial charge in [0.2, 0.25) is 0 Å². The van der Waals surface area contributed by atoms with Crippen molar-refractivity contribution >= 4 is 34.4 Å². The van der Waals surface area contributed by atoms with E-state index in [2.05, 4.69) is 0 Å². The third kappa shape index (κ3) is 2.63. The summed E-state index contributed by atoms with van der Waals surface area (Å²) in [6.07, 6.45) is 1.56. The Morgan fingerprint density at radius 2 is 1.68 bits per heavy atom. The molecule has 34 heavy (non-hydrogen) atoms. The molecule has 8 heteroatoms. The Labute approximate surface area is 199 Å². The number of rotatable bonds is 4. The van der Waals surface area contributed by atoms with Crippen LogP contribution in [-0.4, -0.2) is 45.3 Å². The highest BCUT2D eigenvalue weighted by Crippen LogP contribution is 2.58. The summed E-state index contributed by atoms with van der Waals surface area (Å²) in [5.74, 6) is -2.17. The van der Waals surface area contributed by atoms with Gasteiger partial charge < -0.3 is 0 Å². The van der Waals surface area contributed by atoms with E-state index in [0.29, 0.717) is 22.5 Å². The van der Waals surface area contributed by atoms with Crippen LogP contribution in [0.25, 0.3) is 0 Å². The van der Waals surface area contributed by atoms with Gasteiger partial charge in [0.1, 0.15) is 0 Å². The lowest BCUT2D eigenvalue weighted by molar-refractivity contribution is -0.384. The second-order valence-electron chi connectivity index (χ2n) is 9.07. The fourth-order valence-corrected chi connectivity index (χ4v) is 7.06. The van der Waals surface area contributed by atoms with E-state index in [1.54, 1.807) is 48.5 Å². The van der Waals surface area contributed by atoms with Crippen LogP contribution in [0, 0.1) is 16.0 Å². The molecule has 1 aromatic heterocycles. The van der Waals surface area contributed by atoms with Crippen molar-refractivity contribution in [2.75, 3.05) is 6.54 Å². The molecule has 1 spiro atoms. The molecular formula is C26H20N2O5S. The lowest BCUT2D eigenvalue weighted by Crippen LogP contribution is -2.58. The van der Waals surface area contributed by atoms with Crippen LogP contribution in [0.4, 0.5) is 5.69 Å². The number of fused-ring (bicyclic) bond motifs is 3. The van der Waals surface area contributed by atoms with Gasteiger partial charge in [-0.2, -0.15) is 0 Å². The second-order valence-corrected chi connectivity index (χ2v) is 10.0. The molecule has 3 heterocycles. The summed E-state index contributed by atoms with van der Waals surface area (Å²) in [5.41, 5.74) is -0.150. The number of nitro benzene ring substituents is 1. The Balaban J connectivity index is 1.58. The first-order valence-corrected chi connectivity index (χ1v) is 12.1. The summed E-state index contributed by atoms with van der Waals surface area (Å²) in [7, 11) is 0. The van der Waals surface area contributed by atoms with Gasteiger partial charge in [0.15, 0.2) is 22.9 Å². The maximum absolute atomic E-state index is 14.1. The minimum atomic E-state index is -1.58. The number of non-ortho nitro benzene ring substituents is 1. The largest absolute Gasteiger partial charge is 0.293 e. The highest BCUT2D eigenvalue weighted by molar-refractivity contribution is 7.12. The summed E-state index contributed by atoms with van der Waals surface area (Å²) < 4.78 is 0. The normalized spacial score (nSPS) is 25.0. The molecular weight excluding hydrogens is 452 g/mol. The number of benzene rings is 2. The second kappa shape index (κ2) is 7.51. The van der Waals surface area contributed by atoms with Gasteiger partial charge in [0.05, 0.1) is 15.7 Å². The zero-order valence-electron chi connectivity index (χ0n) is 18.0. The Morgan fingerprint density at radius 3 is 2.26 bits per heavy atom. The number of carbonyl (C=O) groups is 3. The predicted molar refractivity (Wildman–Crippen MR) is 126 cm³/mol. The molecule has 3 aromatic rings. The Morgan fingerprint density at radius 1 is 1.00 bits per heavy atom. The van der Waals surface area contributed by atoms with E-state index in [-0.39, 0.29) is 29.1 Å². The summed E-state index contributed by atoms with van der Waals surface area (Å²) in [6.45, 7) is 0.549. The van der Waals surface area contributed by atoms with E-state index in [1.807, 2.05) is 10.3 Å². The van der Waals surface area contributed by atoms with E-state index >= 15 is 0 Å². The highest BCUT2D eigenvalue weighted by atomic mass is 32.1. The van der Waals surface area contributed by atoms with E-state index < -0.39 is 22.3 Å². The lowest BCUT2D eigenvalue weighted by atomic mass is 9.70. The molecule has 3 atom stereocenters. The Hall–Kier alpha value is -3.49. The predicted octanol–water partition coefficient (Wildman–Crippen LogP) is 4.54. The SMILES string of the molecule is O=C(c1cccs1)[C@H]1[C@H](c2ccc([N+](=O)[O-])cc2)C2CCCN2C12C(=O)c1ccccc1C2=O. The van der Waals surface area contributed by atoms with Gasteiger partial charge in [-0.25, -0.2) is 0 Å². The average Bonchev–Trinajstić information content (AvgIpc) is 3.62. The van der Waals surface area contributed by atoms with Crippen LogP contribution in [0.3, 0.4) is 0 Å². The summed E-state index contributed by atoms with van der Waals surface area (Å²) >= 11 is 1.30. The Bertz CT molecular complexity index is 1310. The van der Waals surface area contributed by atoms with Gasteiger partial charge in [-0.3, -0.25) is 29.4 Å². The number of nitrogens with zero attached hydrogens (tertiary/aromatic N) is 2. The molecule has 0 bridgehead atoms. The van der Waals surface area contributed by atoms with Crippen LogP contribution in [0.5, 0.6) is 0 Å². The summed E-state index contributed by atoms with van der Waals surface area (Å²) in [6, 6.07) is 16.3. The standard InChI is InChI=1S/C26H20N2O5S/c29-23(20-8-4-14-34-20)22-21(15-9-11-16(12-10-15)28(32)33)19-7-3-13-27(19)26(22)24(30)17-5-1-2-6-18(17)25(26)31/h1-2,4-6,8-12,14,19,21-22H,3,7,13H2/t19?,21-,22-/m1/s1. The zero-order chi connectivity index (χ0) is 23.6. The molecule has 0 saturated carbocycles. The maximum atomic E-state index is 14.1. The van der Waals surface area contributed by atoms with Crippen LogP contribution >= 0.6 is 11.3 Å². The van der Waals surface area contributed by atoms with Gasteiger partial charge in [-0.15, -0.1) is 11.3 Å². The molecule has 2 aromatic carbocycles. The third-order valence-electron chi connectivity index (χ3n) is 7.62. The van der Waals surface area contributed by atoms with Crippen LogP contribution in [0.1, 0.15) is 54.7 Å². The number of thiophene rings is 1. The third-order valence-corrected chi connectivity index (χ3v) is 8.50. The first-order chi connectivity index (χ1) is 16.5. The van der Waals surface area contributed by atoms with Crippen molar-refractivity contribution in [3.05, 3.63) is 97.7 Å². The van der Waals surface area contributed by atoms with Crippen molar-refractivity contribution in [2.45, 2.75) is 30.3 Å². The fraction of sp³-hybridized carbons (Fsp3) is 0.269. The van der Waals surface area contributed by atoms with E-state index in [1.165, 1.54) is 23.5 Å². The lowest BCUT2D eigenvalue weighted by Gasteiger charge is -2.35. The van der Waals surface area contributed by atoms with Crippen molar-refractivity contribution in [2.24, 2.45) is 5.92 Å². The summed E-state index contributed by atoms with van der Waals surface area (Å²) in [4.78, 5) is 55.5. The van der Waals surface area contributed by atoms with E-state index in [4.69, 9.17) is 0 Å². The highest BCUT2D eigenvalue weighted by Gasteiger charge is 2.72. The van der Waals surface area contributed by atoms with Crippen molar-refractivity contribution in [1.29, 1.82) is 0 Å². The molecule has 170 valence electrons. The van der Waals surface area contributed by atoms with E-state index in [9.17, 15) is 24.5 Å². The van der Waals surface area contributed by atoms with Crippen LogP contribution in [0.15, 0.2) is 66.0 Å².